The standard InChI is InChI=1S/C6H9NO2/c1-4-6(8)2-5(7)3-9-4/h4,7H,2-3H2,1H3. The van der Waals surface area contributed by atoms with E-state index in [0.29, 0.717) is 12.3 Å². The maximum Gasteiger partial charge on any atom is 0.166 e. The van der Waals surface area contributed by atoms with Crippen molar-refractivity contribution in [3.8, 4) is 0 Å². The summed E-state index contributed by atoms with van der Waals surface area (Å²) in [7, 11) is 0. The van der Waals surface area contributed by atoms with Gasteiger partial charge >= 0.3 is 0 Å². The van der Waals surface area contributed by atoms with Gasteiger partial charge in [-0.2, -0.15) is 0 Å². The second-order valence-electron chi connectivity index (χ2n) is 2.20. The molecule has 0 amide bonds. The molecule has 0 aromatic heterocycles. The first-order valence-corrected chi connectivity index (χ1v) is 2.91. The molecule has 3 nitrogen and oxygen atoms in total. The molecular formula is C6H9NO2. The molecule has 1 unspecified atom stereocenters. The highest BCUT2D eigenvalue weighted by molar-refractivity contribution is 6.04. The molecule has 1 aliphatic rings. The maximum absolute atomic E-state index is 10.7. The Morgan fingerprint density at radius 3 is 2.89 bits per heavy atom. The average Bonchev–Trinajstić information content (AvgIpc) is 1.80. The summed E-state index contributed by atoms with van der Waals surface area (Å²) in [5.74, 6) is 0.0197. The highest BCUT2D eigenvalue weighted by Gasteiger charge is 2.20. The second-order valence-corrected chi connectivity index (χ2v) is 2.20. The van der Waals surface area contributed by atoms with E-state index in [1.54, 1.807) is 6.92 Å². The Kier molecular flexibility index (Phi) is 1.62. The summed E-state index contributed by atoms with van der Waals surface area (Å²) in [6.45, 7) is 2.04. The largest absolute Gasteiger partial charge is 0.365 e. The van der Waals surface area contributed by atoms with Crippen LogP contribution in [0.15, 0.2) is 0 Å². The lowest BCUT2D eigenvalue weighted by Gasteiger charge is -2.17. The van der Waals surface area contributed by atoms with Crippen LogP contribution in [0.25, 0.3) is 0 Å². The number of nitrogens with one attached hydrogen (secondary N) is 1. The minimum Gasteiger partial charge on any atom is -0.365 e. The molecule has 1 aliphatic heterocycles. The number of carbonyl (C=O) groups is 1. The van der Waals surface area contributed by atoms with Crippen LogP contribution < -0.4 is 0 Å². The van der Waals surface area contributed by atoms with Gasteiger partial charge in [-0.1, -0.05) is 0 Å². The van der Waals surface area contributed by atoms with Gasteiger partial charge in [-0.3, -0.25) is 4.79 Å². The Morgan fingerprint density at radius 1 is 1.78 bits per heavy atom. The highest BCUT2D eigenvalue weighted by Crippen LogP contribution is 2.04. The average molecular weight is 127 g/mol. The molecule has 50 valence electrons. The Labute approximate surface area is 53.5 Å². The molecule has 1 rings (SSSR count). The fourth-order valence-corrected chi connectivity index (χ4v) is 0.724. The van der Waals surface area contributed by atoms with Gasteiger partial charge in [-0.25, -0.2) is 0 Å². The quantitative estimate of drug-likeness (QED) is 0.511. The zero-order valence-corrected chi connectivity index (χ0v) is 5.31. The van der Waals surface area contributed by atoms with Gasteiger partial charge < -0.3 is 10.1 Å². The lowest BCUT2D eigenvalue weighted by molar-refractivity contribution is -0.129. The molecule has 0 radical (unpaired) electrons. The van der Waals surface area contributed by atoms with Crippen molar-refractivity contribution in [3.05, 3.63) is 0 Å². The van der Waals surface area contributed by atoms with Crippen molar-refractivity contribution < 1.29 is 9.53 Å². The normalized spacial score (nSPS) is 28.8. The van der Waals surface area contributed by atoms with E-state index in [1.165, 1.54) is 0 Å². The fraction of sp³-hybridized carbons (Fsp3) is 0.667. The molecular weight excluding hydrogens is 118 g/mol. The summed E-state index contributed by atoms with van der Waals surface area (Å²) in [5, 5.41) is 7.06. The van der Waals surface area contributed by atoms with Crippen LogP contribution in [0.2, 0.25) is 0 Å². The number of carbonyl (C=O) groups excluding carboxylic acids is 1. The summed E-state index contributed by atoms with van der Waals surface area (Å²) < 4.78 is 4.93. The van der Waals surface area contributed by atoms with E-state index in [2.05, 4.69) is 0 Å². The predicted octanol–water partition coefficient (Wildman–Crippen LogP) is 0.384. The van der Waals surface area contributed by atoms with Crippen molar-refractivity contribution in [2.75, 3.05) is 6.61 Å². The molecule has 0 bridgehead atoms. The molecule has 0 spiro atoms. The first-order valence-electron chi connectivity index (χ1n) is 2.91. The molecule has 1 heterocycles. The van der Waals surface area contributed by atoms with E-state index in [1.807, 2.05) is 0 Å². The monoisotopic (exact) mass is 127 g/mol. The first-order chi connectivity index (χ1) is 4.20. The molecule has 9 heavy (non-hydrogen) atoms. The molecule has 0 aromatic carbocycles. The van der Waals surface area contributed by atoms with Crippen LogP contribution in [0.3, 0.4) is 0 Å². The molecule has 0 aromatic rings. The third-order valence-corrected chi connectivity index (χ3v) is 1.35. The van der Waals surface area contributed by atoms with Crippen LogP contribution in [-0.2, 0) is 9.53 Å². The Balaban J connectivity index is 2.54. The summed E-state index contributed by atoms with van der Waals surface area (Å²) in [6, 6.07) is 0. The topological polar surface area (TPSA) is 50.1 Å². The van der Waals surface area contributed by atoms with E-state index in [9.17, 15) is 4.79 Å². The number of Topliss-reactive ketones (excluding diaryl/α,β-unsaturated/α-hetero) is 1. The van der Waals surface area contributed by atoms with E-state index in [-0.39, 0.29) is 18.3 Å². The fourth-order valence-electron chi connectivity index (χ4n) is 0.724. The third-order valence-electron chi connectivity index (χ3n) is 1.35. The van der Waals surface area contributed by atoms with E-state index >= 15 is 0 Å². The van der Waals surface area contributed by atoms with Crippen LogP contribution in [0.4, 0.5) is 0 Å². The third kappa shape index (κ3) is 1.36. The zero-order chi connectivity index (χ0) is 6.85. The molecule has 1 fully saturated rings. The van der Waals surface area contributed by atoms with Crippen LogP contribution in [0, 0.1) is 5.41 Å². The van der Waals surface area contributed by atoms with Crippen LogP contribution in [0.5, 0.6) is 0 Å². The summed E-state index contributed by atoms with van der Waals surface area (Å²) in [4.78, 5) is 10.7. The Hall–Kier alpha value is -0.700. The predicted molar refractivity (Wildman–Crippen MR) is 32.8 cm³/mol. The number of rotatable bonds is 0. The molecule has 1 N–H and O–H groups in total. The SMILES string of the molecule is CC1OCC(=N)CC1=O. The number of ketones is 1. The Bertz CT molecular complexity index is 153. The minimum absolute atomic E-state index is 0.0197. The molecule has 3 heteroatoms. The summed E-state index contributed by atoms with van der Waals surface area (Å²) in [6.07, 6.45) is -0.0136. The molecule has 1 atom stereocenters. The molecule has 0 saturated carbocycles. The van der Waals surface area contributed by atoms with Crippen LogP contribution in [0.1, 0.15) is 13.3 Å². The van der Waals surface area contributed by atoms with Gasteiger partial charge in [0, 0.05) is 12.1 Å². The van der Waals surface area contributed by atoms with Gasteiger partial charge in [0.05, 0.1) is 6.61 Å². The highest BCUT2D eigenvalue weighted by atomic mass is 16.5. The second kappa shape index (κ2) is 2.27. The van der Waals surface area contributed by atoms with Gasteiger partial charge in [0.25, 0.3) is 0 Å². The zero-order valence-electron chi connectivity index (χ0n) is 5.31. The molecule has 1 saturated heterocycles. The Morgan fingerprint density at radius 2 is 2.44 bits per heavy atom. The van der Waals surface area contributed by atoms with Crippen molar-refractivity contribution in [2.24, 2.45) is 0 Å². The minimum atomic E-state index is -0.293. The summed E-state index contributed by atoms with van der Waals surface area (Å²) >= 11 is 0. The van der Waals surface area contributed by atoms with Crippen LogP contribution >= 0.6 is 0 Å². The van der Waals surface area contributed by atoms with Gasteiger partial charge in [0.1, 0.15) is 6.10 Å². The van der Waals surface area contributed by atoms with Crippen molar-refractivity contribution in [1.82, 2.24) is 0 Å². The lowest BCUT2D eigenvalue weighted by Crippen LogP contribution is -2.32. The number of hydrogen-bond acceptors (Lipinski definition) is 3. The van der Waals surface area contributed by atoms with E-state index < -0.39 is 0 Å². The van der Waals surface area contributed by atoms with E-state index in [4.69, 9.17) is 10.1 Å². The van der Waals surface area contributed by atoms with Crippen molar-refractivity contribution in [3.63, 3.8) is 0 Å². The van der Waals surface area contributed by atoms with Gasteiger partial charge in [-0.05, 0) is 6.92 Å². The van der Waals surface area contributed by atoms with Gasteiger partial charge in [0.2, 0.25) is 0 Å². The summed E-state index contributed by atoms with van der Waals surface area (Å²) in [5.41, 5.74) is 0.387. The van der Waals surface area contributed by atoms with Crippen molar-refractivity contribution in [1.29, 1.82) is 5.41 Å². The molecule has 0 aliphatic carbocycles. The van der Waals surface area contributed by atoms with Crippen molar-refractivity contribution >= 4 is 11.5 Å². The van der Waals surface area contributed by atoms with Crippen LogP contribution in [-0.4, -0.2) is 24.2 Å². The van der Waals surface area contributed by atoms with Crippen molar-refractivity contribution in [2.45, 2.75) is 19.4 Å². The van der Waals surface area contributed by atoms with E-state index in [0.717, 1.165) is 0 Å². The smallest absolute Gasteiger partial charge is 0.166 e. The number of hydrogen-bond donors (Lipinski definition) is 1. The van der Waals surface area contributed by atoms with Gasteiger partial charge in [-0.15, -0.1) is 0 Å². The van der Waals surface area contributed by atoms with Gasteiger partial charge in [0.15, 0.2) is 5.78 Å². The first kappa shape index (κ1) is 6.42. The maximum atomic E-state index is 10.7. The number of ether oxygens (including phenoxy) is 1. The lowest BCUT2D eigenvalue weighted by atomic mass is 10.1.